The van der Waals surface area contributed by atoms with E-state index in [0.29, 0.717) is 0 Å². The van der Waals surface area contributed by atoms with E-state index in [-0.39, 0.29) is 0 Å². The van der Waals surface area contributed by atoms with E-state index >= 15 is 0 Å². The van der Waals surface area contributed by atoms with Gasteiger partial charge >= 0.3 is 0 Å². The predicted molar refractivity (Wildman–Crippen MR) is 37.7 cm³/mol. The highest BCUT2D eigenvalue weighted by molar-refractivity contribution is 4.99. The minimum Gasteiger partial charge on any atom is -0.106 e. The van der Waals surface area contributed by atoms with Gasteiger partial charge in [-0.2, -0.15) is 0 Å². The number of hydrogen-bond acceptors (Lipinski definition) is 0. The topological polar surface area (TPSA) is 0 Å². The van der Waals surface area contributed by atoms with Crippen molar-refractivity contribution < 1.29 is 0 Å². The van der Waals surface area contributed by atoms with Crippen molar-refractivity contribution in [3.05, 3.63) is 49.6 Å². The highest BCUT2D eigenvalue weighted by atomic mass is 13.6. The standard InChI is InChI=1S/C6H6.C2H4/c1-2-4-6-5-3-1;1-2/h1-6H;1-2H2. The van der Waals surface area contributed by atoms with Crippen LogP contribution in [0.15, 0.2) is 49.6 Å². The van der Waals surface area contributed by atoms with Gasteiger partial charge in [-0.05, 0) is 0 Å². The molecule has 0 fully saturated rings. The summed E-state index contributed by atoms with van der Waals surface area (Å²) in [7, 11) is 0. The Hall–Kier alpha value is -1.04. The lowest BCUT2D eigenvalue weighted by Gasteiger charge is -1.69. The molecule has 0 nitrogen and oxygen atoms in total. The van der Waals surface area contributed by atoms with Crippen molar-refractivity contribution >= 4 is 0 Å². The number of benzene rings is 1. The average Bonchev–Trinajstić information content (AvgIpc) is 1.96. The van der Waals surface area contributed by atoms with E-state index in [9.17, 15) is 0 Å². The van der Waals surface area contributed by atoms with E-state index in [1.54, 1.807) is 0 Å². The van der Waals surface area contributed by atoms with Crippen LogP contribution in [0.3, 0.4) is 0 Å². The smallest absolute Gasteiger partial charge is 0.0623 e. The molecule has 0 aromatic heterocycles. The fourth-order valence-electron chi connectivity index (χ4n) is 0.385. The maximum absolute atomic E-state index is 3.00. The van der Waals surface area contributed by atoms with Crippen LogP contribution in [-0.4, -0.2) is 0 Å². The van der Waals surface area contributed by atoms with Crippen LogP contribution < -0.4 is 0 Å². The van der Waals surface area contributed by atoms with Crippen LogP contribution in [0.4, 0.5) is 0 Å². The second-order valence-electron chi connectivity index (χ2n) is 1.15. The monoisotopic (exact) mass is 106 g/mol. The summed E-state index contributed by atoms with van der Waals surface area (Å²) in [6.07, 6.45) is 0. The molecule has 0 aliphatic heterocycles. The molecule has 0 saturated carbocycles. The Morgan fingerprint density at radius 1 is 0.500 bits per heavy atom. The third kappa shape index (κ3) is 3.16. The molecule has 0 saturated heterocycles. The first-order valence-electron chi connectivity index (χ1n) is 2.50. The van der Waals surface area contributed by atoms with E-state index < -0.39 is 0 Å². The molecule has 1 aromatic rings. The highest BCUT2D eigenvalue weighted by Gasteiger charge is 1.57. The van der Waals surface area contributed by atoms with Gasteiger partial charge in [0.05, 0.1) is 0 Å². The zero-order chi connectivity index (χ0) is 6.24. The van der Waals surface area contributed by atoms with Gasteiger partial charge in [0.1, 0.15) is 0 Å². The molecule has 0 unspecified atom stereocenters. The third-order valence-corrected chi connectivity index (χ3v) is 0.667. The zero-order valence-corrected chi connectivity index (χ0v) is 4.88. The number of rotatable bonds is 0. The first-order valence-corrected chi connectivity index (χ1v) is 2.50. The van der Waals surface area contributed by atoms with Crippen molar-refractivity contribution in [3.8, 4) is 0 Å². The van der Waals surface area contributed by atoms with Crippen molar-refractivity contribution in [2.75, 3.05) is 0 Å². The molecule has 0 radical (unpaired) electrons. The lowest BCUT2D eigenvalue weighted by molar-refractivity contribution is 1.72. The molecule has 42 valence electrons. The molecule has 1 aromatic carbocycles. The first-order chi connectivity index (χ1) is 4.00. The maximum atomic E-state index is 3.00. The molecule has 0 bridgehead atoms. The van der Waals surface area contributed by atoms with Crippen LogP contribution >= 0.6 is 0 Å². The lowest BCUT2D eigenvalue weighted by Crippen LogP contribution is -1.47. The molecule has 0 amide bonds. The van der Waals surface area contributed by atoms with E-state index in [1.807, 2.05) is 36.4 Å². The van der Waals surface area contributed by atoms with E-state index in [4.69, 9.17) is 0 Å². The molecule has 8 heavy (non-hydrogen) atoms. The van der Waals surface area contributed by atoms with Gasteiger partial charge in [-0.3, -0.25) is 0 Å². The minimum atomic E-state index is 2.00. The summed E-state index contributed by atoms with van der Waals surface area (Å²) in [6, 6.07) is 12.0. The maximum Gasteiger partial charge on any atom is -0.0623 e. The second kappa shape index (κ2) is 5.96. The van der Waals surface area contributed by atoms with Gasteiger partial charge in [0.2, 0.25) is 0 Å². The van der Waals surface area contributed by atoms with Gasteiger partial charge in [0.25, 0.3) is 0 Å². The average molecular weight is 106 g/mol. The van der Waals surface area contributed by atoms with E-state index in [2.05, 4.69) is 13.2 Å². The Morgan fingerprint density at radius 2 is 0.625 bits per heavy atom. The SMILES string of the molecule is C=C.c1ccccc1. The Kier molecular flexibility index (Phi) is 5.19. The molecule has 1 rings (SSSR count). The summed E-state index contributed by atoms with van der Waals surface area (Å²) in [5, 5.41) is 0. The molecule has 0 N–H and O–H groups in total. The van der Waals surface area contributed by atoms with Crippen molar-refractivity contribution in [2.45, 2.75) is 0 Å². The van der Waals surface area contributed by atoms with E-state index in [1.165, 1.54) is 0 Å². The number of hydrogen-bond donors (Lipinski definition) is 0. The molecule has 0 heterocycles. The normalized spacial score (nSPS) is 6.50. The highest BCUT2D eigenvalue weighted by Crippen LogP contribution is 1.79. The summed E-state index contributed by atoms with van der Waals surface area (Å²) in [5.41, 5.74) is 0. The van der Waals surface area contributed by atoms with Gasteiger partial charge in [0, 0.05) is 0 Å². The predicted octanol–water partition coefficient (Wildman–Crippen LogP) is 2.49. The van der Waals surface area contributed by atoms with Crippen LogP contribution in [0.1, 0.15) is 0 Å². The van der Waals surface area contributed by atoms with Gasteiger partial charge in [-0.15, -0.1) is 13.2 Å². The van der Waals surface area contributed by atoms with Gasteiger partial charge in [-0.25, -0.2) is 0 Å². The summed E-state index contributed by atoms with van der Waals surface area (Å²) in [5.74, 6) is 0. The third-order valence-electron chi connectivity index (χ3n) is 0.667. The quantitative estimate of drug-likeness (QED) is 0.446. The molecule has 0 aliphatic carbocycles. The van der Waals surface area contributed by atoms with Crippen LogP contribution in [0.25, 0.3) is 0 Å². The van der Waals surface area contributed by atoms with Crippen LogP contribution in [0.5, 0.6) is 0 Å². The van der Waals surface area contributed by atoms with Crippen molar-refractivity contribution in [1.82, 2.24) is 0 Å². The van der Waals surface area contributed by atoms with Gasteiger partial charge in [0.15, 0.2) is 0 Å². The Balaban J connectivity index is 0.000000222. The van der Waals surface area contributed by atoms with Crippen molar-refractivity contribution in [1.29, 1.82) is 0 Å². The Morgan fingerprint density at radius 3 is 0.750 bits per heavy atom. The summed E-state index contributed by atoms with van der Waals surface area (Å²) in [6.45, 7) is 6.00. The minimum absolute atomic E-state index is 2.00. The fraction of sp³-hybridized carbons (Fsp3) is 0. The summed E-state index contributed by atoms with van der Waals surface area (Å²) >= 11 is 0. The van der Waals surface area contributed by atoms with Crippen LogP contribution in [0.2, 0.25) is 0 Å². The van der Waals surface area contributed by atoms with Gasteiger partial charge in [-0.1, -0.05) is 36.4 Å². The Bertz CT molecular complexity index is 82.9. The van der Waals surface area contributed by atoms with Gasteiger partial charge < -0.3 is 0 Å². The first kappa shape index (κ1) is 6.96. The largest absolute Gasteiger partial charge is 0.106 e. The Labute approximate surface area is 50.5 Å². The molecule has 0 spiro atoms. The molecule has 0 aliphatic rings. The molecular weight excluding hydrogens is 96.1 g/mol. The zero-order valence-electron chi connectivity index (χ0n) is 4.88. The lowest BCUT2D eigenvalue weighted by atomic mass is 10.4. The van der Waals surface area contributed by atoms with Crippen LogP contribution in [0, 0.1) is 0 Å². The summed E-state index contributed by atoms with van der Waals surface area (Å²) < 4.78 is 0. The summed E-state index contributed by atoms with van der Waals surface area (Å²) in [4.78, 5) is 0. The van der Waals surface area contributed by atoms with Crippen molar-refractivity contribution in [2.24, 2.45) is 0 Å². The molecular formula is C8H10. The molecule has 0 atom stereocenters. The fourth-order valence-corrected chi connectivity index (χ4v) is 0.385. The van der Waals surface area contributed by atoms with E-state index in [0.717, 1.165) is 0 Å². The van der Waals surface area contributed by atoms with Crippen molar-refractivity contribution in [3.63, 3.8) is 0 Å². The molecule has 0 heteroatoms. The van der Waals surface area contributed by atoms with Crippen LogP contribution in [-0.2, 0) is 0 Å². The second-order valence-corrected chi connectivity index (χ2v) is 1.15.